The van der Waals surface area contributed by atoms with Crippen molar-refractivity contribution < 1.29 is 9.84 Å². The van der Waals surface area contributed by atoms with Crippen LogP contribution in [-0.4, -0.2) is 22.3 Å². The van der Waals surface area contributed by atoms with Crippen molar-refractivity contribution in [3.05, 3.63) is 71.9 Å². The second kappa shape index (κ2) is 8.08. The number of aliphatic hydroxyl groups is 1. The van der Waals surface area contributed by atoms with Crippen LogP contribution in [0.25, 0.3) is 10.4 Å². The van der Waals surface area contributed by atoms with Gasteiger partial charge in [0, 0.05) is 17.3 Å². The smallest absolute Gasteiger partial charge is 0.122 e. The molecule has 0 aliphatic carbocycles. The van der Waals surface area contributed by atoms with Crippen molar-refractivity contribution in [2.75, 3.05) is 0 Å². The van der Waals surface area contributed by atoms with E-state index in [-0.39, 0.29) is 6.10 Å². The van der Waals surface area contributed by atoms with E-state index in [0.29, 0.717) is 6.42 Å². The summed E-state index contributed by atoms with van der Waals surface area (Å²) in [5.74, 6) is 0.781. The standard InChI is InChI=1S/C20H21NO2S/c1-15(19(22)11-6-16-4-2-12-21-14-16)23-18-9-7-17(8-10-18)20-5-3-13-24-20/h2-5,7-10,12-15,19,22H,6,11H2,1H3/t15-,19+/m0/s1. The third-order valence-electron chi connectivity index (χ3n) is 3.98. The van der Waals surface area contributed by atoms with Crippen LogP contribution < -0.4 is 4.74 Å². The van der Waals surface area contributed by atoms with Crippen LogP contribution in [0.3, 0.4) is 0 Å². The van der Waals surface area contributed by atoms with Gasteiger partial charge in [0.25, 0.3) is 0 Å². The van der Waals surface area contributed by atoms with Gasteiger partial charge in [0.05, 0.1) is 6.10 Å². The van der Waals surface area contributed by atoms with Crippen molar-refractivity contribution in [2.45, 2.75) is 32.0 Å². The Morgan fingerprint density at radius 1 is 1.12 bits per heavy atom. The van der Waals surface area contributed by atoms with Gasteiger partial charge >= 0.3 is 0 Å². The highest BCUT2D eigenvalue weighted by atomic mass is 32.1. The molecule has 4 heteroatoms. The topological polar surface area (TPSA) is 42.4 Å². The van der Waals surface area contributed by atoms with Gasteiger partial charge in [-0.3, -0.25) is 4.98 Å². The molecule has 0 saturated carbocycles. The lowest BCUT2D eigenvalue weighted by Crippen LogP contribution is -2.29. The van der Waals surface area contributed by atoms with Crippen LogP contribution in [0, 0.1) is 0 Å². The molecule has 3 rings (SSSR count). The number of rotatable bonds is 7. The van der Waals surface area contributed by atoms with E-state index >= 15 is 0 Å². The predicted octanol–water partition coefficient (Wildman–Crippen LogP) is 4.57. The fraction of sp³-hybridized carbons (Fsp3) is 0.250. The van der Waals surface area contributed by atoms with Crippen molar-refractivity contribution in [2.24, 2.45) is 0 Å². The van der Waals surface area contributed by atoms with Crippen LogP contribution >= 0.6 is 11.3 Å². The SMILES string of the molecule is C[C@H](Oc1ccc(-c2cccs2)cc1)[C@H](O)CCc1cccnc1. The van der Waals surface area contributed by atoms with Crippen LogP contribution in [0.4, 0.5) is 0 Å². The number of hydrogen-bond donors (Lipinski definition) is 1. The summed E-state index contributed by atoms with van der Waals surface area (Å²) in [6.07, 6.45) is 4.27. The van der Waals surface area contributed by atoms with Gasteiger partial charge in [-0.15, -0.1) is 11.3 Å². The highest BCUT2D eigenvalue weighted by Crippen LogP contribution is 2.27. The molecule has 3 aromatic rings. The van der Waals surface area contributed by atoms with Gasteiger partial charge in [-0.2, -0.15) is 0 Å². The van der Waals surface area contributed by atoms with Crippen molar-refractivity contribution >= 4 is 11.3 Å². The van der Waals surface area contributed by atoms with Gasteiger partial charge in [0.15, 0.2) is 0 Å². The van der Waals surface area contributed by atoms with Gasteiger partial charge in [-0.25, -0.2) is 0 Å². The van der Waals surface area contributed by atoms with Gasteiger partial charge in [0.2, 0.25) is 0 Å². The van der Waals surface area contributed by atoms with Crippen LogP contribution in [0.15, 0.2) is 66.3 Å². The molecule has 2 atom stereocenters. The maximum Gasteiger partial charge on any atom is 0.122 e. The number of hydrogen-bond acceptors (Lipinski definition) is 4. The minimum Gasteiger partial charge on any atom is -0.488 e. The van der Waals surface area contributed by atoms with Gasteiger partial charge in [-0.05, 0) is 72.7 Å². The fourth-order valence-corrected chi connectivity index (χ4v) is 3.26. The van der Waals surface area contributed by atoms with E-state index < -0.39 is 6.10 Å². The van der Waals surface area contributed by atoms with E-state index in [1.165, 1.54) is 10.4 Å². The first-order valence-electron chi connectivity index (χ1n) is 8.10. The molecule has 0 saturated heterocycles. The molecule has 0 amide bonds. The molecule has 0 unspecified atom stereocenters. The largest absolute Gasteiger partial charge is 0.488 e. The molecule has 1 aromatic carbocycles. The number of benzene rings is 1. The molecule has 0 radical (unpaired) electrons. The van der Waals surface area contributed by atoms with E-state index in [2.05, 4.69) is 28.6 Å². The lowest BCUT2D eigenvalue weighted by Gasteiger charge is -2.20. The van der Waals surface area contributed by atoms with E-state index in [1.807, 2.05) is 43.5 Å². The first-order chi connectivity index (χ1) is 11.7. The van der Waals surface area contributed by atoms with Gasteiger partial charge < -0.3 is 9.84 Å². The third-order valence-corrected chi connectivity index (χ3v) is 4.89. The average Bonchev–Trinajstić information content (AvgIpc) is 3.16. The Balaban J connectivity index is 1.53. The Kier molecular flexibility index (Phi) is 5.62. The fourth-order valence-electron chi connectivity index (χ4n) is 2.53. The first-order valence-corrected chi connectivity index (χ1v) is 8.98. The summed E-state index contributed by atoms with van der Waals surface area (Å²) in [6, 6.07) is 16.1. The Morgan fingerprint density at radius 2 is 1.96 bits per heavy atom. The van der Waals surface area contributed by atoms with E-state index in [9.17, 15) is 5.11 Å². The minimum absolute atomic E-state index is 0.255. The zero-order valence-electron chi connectivity index (χ0n) is 13.6. The summed E-state index contributed by atoms with van der Waals surface area (Å²) in [6.45, 7) is 1.90. The van der Waals surface area contributed by atoms with Crippen molar-refractivity contribution in [3.8, 4) is 16.2 Å². The number of thiophene rings is 1. The molecule has 124 valence electrons. The number of aliphatic hydroxyl groups excluding tert-OH is 1. The summed E-state index contributed by atoms with van der Waals surface area (Å²) in [5.41, 5.74) is 2.31. The van der Waals surface area contributed by atoms with Crippen LogP contribution in [0.5, 0.6) is 5.75 Å². The number of aryl methyl sites for hydroxylation is 1. The molecule has 0 bridgehead atoms. The second-order valence-corrected chi connectivity index (χ2v) is 6.74. The van der Waals surface area contributed by atoms with Gasteiger partial charge in [-0.1, -0.05) is 12.1 Å². The van der Waals surface area contributed by atoms with Gasteiger partial charge in [0.1, 0.15) is 11.9 Å². The number of ether oxygens (including phenoxy) is 1. The summed E-state index contributed by atoms with van der Waals surface area (Å²) in [7, 11) is 0. The maximum absolute atomic E-state index is 10.3. The lowest BCUT2D eigenvalue weighted by atomic mass is 10.1. The monoisotopic (exact) mass is 339 g/mol. The Hall–Kier alpha value is -2.17. The molecule has 3 nitrogen and oxygen atoms in total. The quantitative estimate of drug-likeness (QED) is 0.685. The normalized spacial score (nSPS) is 13.4. The Morgan fingerprint density at radius 3 is 2.62 bits per heavy atom. The van der Waals surface area contributed by atoms with Crippen LogP contribution in [0.2, 0.25) is 0 Å². The number of aromatic nitrogens is 1. The molecule has 0 spiro atoms. The molecule has 0 fully saturated rings. The average molecular weight is 339 g/mol. The zero-order valence-corrected chi connectivity index (χ0v) is 14.4. The molecule has 0 aliphatic rings. The van der Waals surface area contributed by atoms with E-state index in [1.54, 1.807) is 17.5 Å². The molecule has 2 aromatic heterocycles. The Labute approximate surface area is 146 Å². The summed E-state index contributed by atoms with van der Waals surface area (Å²) >= 11 is 1.72. The lowest BCUT2D eigenvalue weighted by molar-refractivity contribution is 0.0420. The van der Waals surface area contributed by atoms with E-state index in [0.717, 1.165) is 17.7 Å². The van der Waals surface area contributed by atoms with Crippen LogP contribution in [-0.2, 0) is 6.42 Å². The second-order valence-electron chi connectivity index (χ2n) is 5.79. The summed E-state index contributed by atoms with van der Waals surface area (Å²) in [5, 5.41) is 12.4. The minimum atomic E-state index is -0.512. The first kappa shape index (κ1) is 16.7. The third kappa shape index (κ3) is 4.43. The predicted molar refractivity (Wildman–Crippen MR) is 98.4 cm³/mol. The highest BCUT2D eigenvalue weighted by molar-refractivity contribution is 7.13. The molecule has 1 N–H and O–H groups in total. The van der Waals surface area contributed by atoms with Crippen molar-refractivity contribution in [1.82, 2.24) is 4.98 Å². The molecule has 0 aliphatic heterocycles. The zero-order chi connectivity index (χ0) is 16.8. The van der Waals surface area contributed by atoms with E-state index in [4.69, 9.17) is 4.74 Å². The molecular formula is C20H21NO2S. The summed E-state index contributed by atoms with van der Waals surface area (Å²) in [4.78, 5) is 5.33. The molecular weight excluding hydrogens is 318 g/mol. The van der Waals surface area contributed by atoms with Crippen LogP contribution in [0.1, 0.15) is 18.9 Å². The van der Waals surface area contributed by atoms with Crippen molar-refractivity contribution in [3.63, 3.8) is 0 Å². The summed E-state index contributed by atoms with van der Waals surface area (Å²) < 4.78 is 5.87. The number of nitrogens with zero attached hydrogens (tertiary/aromatic N) is 1. The number of pyridine rings is 1. The maximum atomic E-state index is 10.3. The van der Waals surface area contributed by atoms with Crippen molar-refractivity contribution in [1.29, 1.82) is 0 Å². The highest BCUT2D eigenvalue weighted by Gasteiger charge is 2.16. The molecule has 2 heterocycles. The Bertz CT molecular complexity index is 726. The molecule has 24 heavy (non-hydrogen) atoms.